The second kappa shape index (κ2) is 11.9. The molecule has 42 heavy (non-hydrogen) atoms. The normalized spacial score (nSPS) is 15.3. The third-order valence-electron chi connectivity index (χ3n) is 6.47. The Balaban J connectivity index is 1.66. The smallest absolute Gasteiger partial charge is 0.339 e. The standard InChI is InChI=1S/C30H24Cl2N2O6S2/c1-4-39-29(36)26-18(3)33-30-34(27(26)19-7-9-21(31)10-8-19)28(35)25(41-30)16-20-15-22(32)11-14-24(20)40-42(37,38)23-12-5-17(2)6-13-23/h5-16,27H,4H2,1-3H3/b25-16-/t27-/m0/s1. The number of fused-ring (bicyclic) bond motifs is 1. The van der Waals surface area contributed by atoms with Gasteiger partial charge in [0.15, 0.2) is 4.80 Å². The maximum absolute atomic E-state index is 13.9. The first-order chi connectivity index (χ1) is 20.0. The van der Waals surface area contributed by atoms with Gasteiger partial charge in [0.1, 0.15) is 10.6 Å². The minimum Gasteiger partial charge on any atom is -0.463 e. The predicted molar refractivity (Wildman–Crippen MR) is 162 cm³/mol. The molecule has 0 amide bonds. The van der Waals surface area contributed by atoms with Gasteiger partial charge in [0.25, 0.3) is 5.56 Å². The van der Waals surface area contributed by atoms with E-state index in [4.69, 9.17) is 32.1 Å². The summed E-state index contributed by atoms with van der Waals surface area (Å²) in [7, 11) is -4.18. The highest BCUT2D eigenvalue weighted by Crippen LogP contribution is 2.32. The third-order valence-corrected chi connectivity index (χ3v) is 9.19. The molecule has 3 aromatic carbocycles. The maximum Gasteiger partial charge on any atom is 0.339 e. The number of carbonyl (C=O) groups excluding carboxylic acids is 1. The van der Waals surface area contributed by atoms with Crippen molar-refractivity contribution in [2.75, 3.05) is 6.61 Å². The van der Waals surface area contributed by atoms with Gasteiger partial charge in [-0.2, -0.15) is 8.42 Å². The third kappa shape index (κ3) is 5.94. The van der Waals surface area contributed by atoms with E-state index in [9.17, 15) is 18.0 Å². The molecule has 1 aliphatic rings. The van der Waals surface area contributed by atoms with Crippen molar-refractivity contribution in [1.29, 1.82) is 0 Å². The van der Waals surface area contributed by atoms with Gasteiger partial charge in [-0.1, -0.05) is 64.4 Å². The van der Waals surface area contributed by atoms with Crippen LogP contribution in [0.2, 0.25) is 10.0 Å². The number of halogens is 2. The van der Waals surface area contributed by atoms with Crippen molar-refractivity contribution in [2.24, 2.45) is 4.99 Å². The van der Waals surface area contributed by atoms with Crippen LogP contribution < -0.4 is 19.1 Å². The van der Waals surface area contributed by atoms with Crippen molar-refractivity contribution in [3.8, 4) is 5.75 Å². The number of thiazole rings is 1. The highest BCUT2D eigenvalue weighted by molar-refractivity contribution is 7.87. The Kier molecular flexibility index (Phi) is 8.43. The number of ether oxygens (including phenoxy) is 1. The molecular formula is C30H24Cl2N2O6S2. The van der Waals surface area contributed by atoms with Crippen LogP contribution >= 0.6 is 34.5 Å². The van der Waals surface area contributed by atoms with Gasteiger partial charge in [-0.15, -0.1) is 0 Å². The topological polar surface area (TPSA) is 104 Å². The van der Waals surface area contributed by atoms with Crippen LogP contribution in [0.15, 0.2) is 92.7 Å². The van der Waals surface area contributed by atoms with Crippen molar-refractivity contribution >= 4 is 56.7 Å². The fraction of sp³-hybridized carbons (Fsp3) is 0.167. The Hall–Kier alpha value is -3.70. The number of allylic oxidation sites excluding steroid dienone is 1. The number of esters is 1. The Morgan fingerprint density at radius 3 is 2.36 bits per heavy atom. The summed E-state index contributed by atoms with van der Waals surface area (Å²) in [5, 5.41) is 0.812. The van der Waals surface area contributed by atoms with Crippen LogP contribution in [0.5, 0.6) is 5.75 Å². The molecule has 216 valence electrons. The molecule has 0 fully saturated rings. The molecule has 0 saturated heterocycles. The van der Waals surface area contributed by atoms with E-state index in [1.807, 2.05) is 6.92 Å². The molecule has 0 N–H and O–H groups in total. The summed E-state index contributed by atoms with van der Waals surface area (Å²) in [6.45, 7) is 5.38. The molecule has 0 aliphatic carbocycles. The highest BCUT2D eigenvalue weighted by atomic mass is 35.5. The number of hydrogen-bond acceptors (Lipinski definition) is 8. The van der Waals surface area contributed by atoms with Crippen molar-refractivity contribution in [2.45, 2.75) is 31.7 Å². The molecule has 12 heteroatoms. The summed E-state index contributed by atoms with van der Waals surface area (Å²) in [4.78, 5) is 31.9. The zero-order valence-electron chi connectivity index (χ0n) is 22.6. The number of carbonyl (C=O) groups is 1. The van der Waals surface area contributed by atoms with E-state index in [0.717, 1.165) is 16.9 Å². The largest absolute Gasteiger partial charge is 0.463 e. The van der Waals surface area contributed by atoms with Gasteiger partial charge in [-0.25, -0.2) is 9.79 Å². The molecule has 5 rings (SSSR count). The molecule has 0 spiro atoms. The average molecular weight is 644 g/mol. The molecule has 1 atom stereocenters. The number of rotatable bonds is 7. The maximum atomic E-state index is 13.9. The molecule has 0 radical (unpaired) electrons. The summed E-state index contributed by atoms with van der Waals surface area (Å²) in [6, 6.07) is 16.7. The zero-order chi connectivity index (χ0) is 30.2. The number of benzene rings is 3. The fourth-order valence-corrected chi connectivity index (χ4v) is 6.77. The first-order valence-corrected chi connectivity index (χ1v) is 15.7. The van der Waals surface area contributed by atoms with Crippen LogP contribution in [-0.2, 0) is 19.6 Å². The quantitative estimate of drug-likeness (QED) is 0.203. The van der Waals surface area contributed by atoms with Crippen LogP contribution in [0.4, 0.5) is 0 Å². The van der Waals surface area contributed by atoms with Crippen molar-refractivity contribution < 1.29 is 22.1 Å². The Bertz CT molecular complexity index is 2010. The first kappa shape index (κ1) is 29.8. The molecular weight excluding hydrogens is 619 g/mol. The molecule has 4 aromatic rings. The van der Waals surface area contributed by atoms with Gasteiger partial charge in [0.2, 0.25) is 0 Å². The molecule has 1 aliphatic heterocycles. The minimum absolute atomic E-state index is 0.0107. The summed E-state index contributed by atoms with van der Waals surface area (Å²) in [5.41, 5.74) is 2.01. The molecule has 8 nitrogen and oxygen atoms in total. The average Bonchev–Trinajstić information content (AvgIpc) is 3.24. The molecule has 2 heterocycles. The number of hydrogen-bond donors (Lipinski definition) is 0. The van der Waals surface area contributed by atoms with E-state index in [1.165, 1.54) is 41.0 Å². The number of aromatic nitrogens is 1. The molecule has 1 aromatic heterocycles. The predicted octanol–water partition coefficient (Wildman–Crippen LogP) is 5.18. The fourth-order valence-electron chi connectivity index (χ4n) is 4.47. The summed E-state index contributed by atoms with van der Waals surface area (Å²) in [5.74, 6) is -0.594. The van der Waals surface area contributed by atoms with E-state index < -0.39 is 27.7 Å². The zero-order valence-corrected chi connectivity index (χ0v) is 25.8. The highest BCUT2D eigenvalue weighted by Gasteiger charge is 2.33. The van der Waals surface area contributed by atoms with E-state index in [-0.39, 0.29) is 32.9 Å². The van der Waals surface area contributed by atoms with Gasteiger partial charge in [-0.3, -0.25) is 9.36 Å². The van der Waals surface area contributed by atoms with E-state index in [1.54, 1.807) is 50.2 Å². The van der Waals surface area contributed by atoms with Crippen LogP contribution in [0, 0.1) is 6.92 Å². The van der Waals surface area contributed by atoms with Gasteiger partial charge >= 0.3 is 16.1 Å². The van der Waals surface area contributed by atoms with E-state index in [0.29, 0.717) is 26.1 Å². The lowest BCUT2D eigenvalue weighted by Gasteiger charge is -2.24. The van der Waals surface area contributed by atoms with Crippen LogP contribution in [0.1, 0.15) is 36.6 Å². The monoisotopic (exact) mass is 642 g/mol. The Morgan fingerprint density at radius 1 is 1.02 bits per heavy atom. The second-order valence-electron chi connectivity index (χ2n) is 9.39. The summed E-state index contributed by atoms with van der Waals surface area (Å²) in [6.07, 6.45) is 1.50. The van der Waals surface area contributed by atoms with E-state index >= 15 is 0 Å². The van der Waals surface area contributed by atoms with Crippen molar-refractivity contribution in [3.63, 3.8) is 0 Å². The molecule has 0 bridgehead atoms. The van der Waals surface area contributed by atoms with Gasteiger partial charge < -0.3 is 8.92 Å². The number of nitrogens with zero attached hydrogens (tertiary/aromatic N) is 2. The van der Waals surface area contributed by atoms with E-state index in [2.05, 4.69) is 4.99 Å². The minimum atomic E-state index is -4.18. The SMILES string of the molecule is CCOC(=O)C1=C(C)N=c2s/c(=C\c3cc(Cl)ccc3OS(=O)(=O)c3ccc(C)cc3)c(=O)n2[C@H]1c1ccc(Cl)cc1. The number of aryl methyl sites for hydroxylation is 1. The van der Waals surface area contributed by atoms with Gasteiger partial charge in [0, 0.05) is 15.6 Å². The van der Waals surface area contributed by atoms with Crippen molar-refractivity contribution in [3.05, 3.63) is 124 Å². The van der Waals surface area contributed by atoms with Crippen LogP contribution in [-0.4, -0.2) is 25.6 Å². The Morgan fingerprint density at radius 2 is 1.69 bits per heavy atom. The summed E-state index contributed by atoms with van der Waals surface area (Å²) < 4.78 is 38.5. The second-order valence-corrected chi connectivity index (χ2v) is 12.8. The molecule has 0 unspecified atom stereocenters. The lowest BCUT2D eigenvalue weighted by atomic mass is 9.96. The molecule has 0 saturated carbocycles. The van der Waals surface area contributed by atoms with Crippen molar-refractivity contribution in [1.82, 2.24) is 4.57 Å². The van der Waals surface area contributed by atoms with Gasteiger partial charge in [0.05, 0.1) is 28.5 Å². The summed E-state index contributed by atoms with van der Waals surface area (Å²) >= 11 is 13.5. The van der Waals surface area contributed by atoms with Gasteiger partial charge in [-0.05, 0) is 74.9 Å². The Labute approximate surface area is 255 Å². The van der Waals surface area contributed by atoms with Crippen LogP contribution in [0.25, 0.3) is 6.08 Å². The first-order valence-electron chi connectivity index (χ1n) is 12.7. The lowest BCUT2D eigenvalue weighted by Crippen LogP contribution is -2.39. The van der Waals surface area contributed by atoms with Crippen LogP contribution in [0.3, 0.4) is 0 Å². The lowest BCUT2D eigenvalue weighted by molar-refractivity contribution is -0.139.